The molecule has 0 bridgehead atoms. The standard InChI is InChI=1S/C18H12F3N3OS2/c19-18(20,21)12-4-1-3-11(7-12)15-10-24-9-14(23-17(24)27-15)16(25)22-8-13-5-2-6-26-13/h1-7,9-10H,8H2,(H,22,25). The Morgan fingerprint density at radius 1 is 1.19 bits per heavy atom. The van der Waals surface area contributed by atoms with E-state index in [-0.39, 0.29) is 11.6 Å². The van der Waals surface area contributed by atoms with Crippen LogP contribution in [0.25, 0.3) is 15.4 Å². The van der Waals surface area contributed by atoms with Gasteiger partial charge in [0.05, 0.1) is 17.0 Å². The molecule has 0 atom stereocenters. The fourth-order valence-corrected chi connectivity index (χ4v) is 4.17. The number of nitrogens with zero attached hydrogens (tertiary/aromatic N) is 2. The second-order valence-corrected chi connectivity index (χ2v) is 7.79. The zero-order valence-electron chi connectivity index (χ0n) is 13.7. The van der Waals surface area contributed by atoms with Crippen molar-refractivity contribution in [2.75, 3.05) is 0 Å². The molecule has 4 rings (SSSR count). The SMILES string of the molecule is O=C(NCc1cccs1)c1cn2cc(-c3cccc(C(F)(F)F)c3)sc2n1. The lowest BCUT2D eigenvalue weighted by Crippen LogP contribution is -2.22. The van der Waals surface area contributed by atoms with Crippen LogP contribution in [0.4, 0.5) is 13.2 Å². The molecule has 0 radical (unpaired) electrons. The Kier molecular flexibility index (Phi) is 4.48. The summed E-state index contributed by atoms with van der Waals surface area (Å²) in [4.78, 5) is 18.7. The van der Waals surface area contributed by atoms with Gasteiger partial charge in [0.1, 0.15) is 5.69 Å². The fraction of sp³-hybridized carbons (Fsp3) is 0.111. The van der Waals surface area contributed by atoms with Crippen LogP contribution in [0, 0.1) is 0 Å². The van der Waals surface area contributed by atoms with Crippen molar-refractivity contribution in [3.05, 3.63) is 70.3 Å². The minimum absolute atomic E-state index is 0.272. The molecule has 1 aromatic carbocycles. The molecule has 0 unspecified atom stereocenters. The molecule has 9 heteroatoms. The number of thiophene rings is 1. The molecule has 4 aromatic rings. The van der Waals surface area contributed by atoms with Crippen molar-refractivity contribution in [3.8, 4) is 10.4 Å². The van der Waals surface area contributed by atoms with Crippen LogP contribution in [0.2, 0.25) is 0 Å². The maximum atomic E-state index is 12.9. The van der Waals surface area contributed by atoms with Crippen molar-refractivity contribution in [2.24, 2.45) is 0 Å². The van der Waals surface area contributed by atoms with Crippen LogP contribution < -0.4 is 5.32 Å². The van der Waals surface area contributed by atoms with Gasteiger partial charge in [-0.2, -0.15) is 13.2 Å². The monoisotopic (exact) mass is 407 g/mol. The molecule has 4 nitrogen and oxygen atoms in total. The Hall–Kier alpha value is -2.65. The highest BCUT2D eigenvalue weighted by molar-refractivity contribution is 7.20. The highest BCUT2D eigenvalue weighted by Crippen LogP contribution is 2.34. The maximum Gasteiger partial charge on any atom is 0.416 e. The van der Waals surface area contributed by atoms with Crippen molar-refractivity contribution in [1.82, 2.24) is 14.7 Å². The van der Waals surface area contributed by atoms with E-state index in [1.165, 1.54) is 17.4 Å². The molecule has 3 heterocycles. The zero-order valence-corrected chi connectivity index (χ0v) is 15.3. The molecular weight excluding hydrogens is 395 g/mol. The van der Waals surface area contributed by atoms with Crippen LogP contribution in [-0.2, 0) is 12.7 Å². The third-order valence-corrected chi connectivity index (χ3v) is 5.79. The number of amides is 1. The van der Waals surface area contributed by atoms with Crippen LogP contribution in [0.3, 0.4) is 0 Å². The molecule has 0 saturated carbocycles. The summed E-state index contributed by atoms with van der Waals surface area (Å²) in [6.45, 7) is 0.428. The predicted octanol–water partition coefficient (Wildman–Crippen LogP) is 5.07. The van der Waals surface area contributed by atoms with Gasteiger partial charge < -0.3 is 5.32 Å². The topological polar surface area (TPSA) is 46.4 Å². The van der Waals surface area contributed by atoms with E-state index in [2.05, 4.69) is 10.3 Å². The number of fused-ring (bicyclic) bond motifs is 1. The second kappa shape index (κ2) is 6.82. The molecule has 138 valence electrons. The molecule has 0 aliphatic heterocycles. The van der Waals surface area contributed by atoms with Crippen LogP contribution in [0.15, 0.2) is 54.2 Å². The highest BCUT2D eigenvalue weighted by Gasteiger charge is 2.30. The number of aromatic nitrogens is 2. The lowest BCUT2D eigenvalue weighted by molar-refractivity contribution is -0.137. The zero-order chi connectivity index (χ0) is 19.0. The summed E-state index contributed by atoms with van der Waals surface area (Å²) in [5.74, 6) is -0.292. The van der Waals surface area contributed by atoms with Gasteiger partial charge in [-0.15, -0.1) is 11.3 Å². The molecule has 1 N–H and O–H groups in total. The number of benzene rings is 1. The third-order valence-electron chi connectivity index (χ3n) is 3.87. The summed E-state index contributed by atoms with van der Waals surface area (Å²) < 4.78 is 40.3. The highest BCUT2D eigenvalue weighted by atomic mass is 32.1. The van der Waals surface area contributed by atoms with Gasteiger partial charge in [-0.1, -0.05) is 29.5 Å². The first-order valence-electron chi connectivity index (χ1n) is 7.87. The van der Waals surface area contributed by atoms with Gasteiger partial charge in [0.2, 0.25) is 0 Å². The summed E-state index contributed by atoms with van der Waals surface area (Å²) in [5, 5.41) is 4.73. The van der Waals surface area contributed by atoms with Crippen molar-refractivity contribution in [3.63, 3.8) is 0 Å². The van der Waals surface area contributed by atoms with E-state index in [1.807, 2.05) is 17.5 Å². The molecule has 0 spiro atoms. The number of thiazole rings is 1. The number of hydrogen-bond acceptors (Lipinski definition) is 4. The normalized spacial score (nSPS) is 11.8. The van der Waals surface area contributed by atoms with E-state index in [9.17, 15) is 18.0 Å². The number of alkyl halides is 3. The van der Waals surface area contributed by atoms with Crippen LogP contribution >= 0.6 is 22.7 Å². The van der Waals surface area contributed by atoms with E-state index in [4.69, 9.17) is 0 Å². The fourth-order valence-electron chi connectivity index (χ4n) is 2.56. The number of carbonyl (C=O) groups is 1. The van der Waals surface area contributed by atoms with Gasteiger partial charge in [0.25, 0.3) is 5.91 Å². The van der Waals surface area contributed by atoms with E-state index < -0.39 is 11.7 Å². The van der Waals surface area contributed by atoms with Crippen LogP contribution in [-0.4, -0.2) is 15.3 Å². The van der Waals surface area contributed by atoms with Crippen molar-refractivity contribution in [2.45, 2.75) is 12.7 Å². The molecular formula is C18H12F3N3OS2. The lowest BCUT2D eigenvalue weighted by atomic mass is 10.1. The number of nitrogens with one attached hydrogen (secondary N) is 1. The molecule has 0 saturated heterocycles. The number of rotatable bonds is 4. The Balaban J connectivity index is 1.55. The first-order valence-corrected chi connectivity index (χ1v) is 9.56. The molecule has 0 aliphatic carbocycles. The smallest absolute Gasteiger partial charge is 0.346 e. The molecule has 3 aromatic heterocycles. The number of carbonyl (C=O) groups excluding carboxylic acids is 1. The van der Waals surface area contributed by atoms with Crippen molar-refractivity contribution >= 4 is 33.5 Å². The quantitative estimate of drug-likeness (QED) is 0.513. The Labute approximate surface area is 159 Å². The molecule has 0 fully saturated rings. The average Bonchev–Trinajstić information content (AvgIpc) is 3.35. The minimum atomic E-state index is -4.39. The summed E-state index contributed by atoms with van der Waals surface area (Å²) in [6, 6.07) is 8.99. The Morgan fingerprint density at radius 3 is 2.74 bits per heavy atom. The van der Waals surface area contributed by atoms with E-state index >= 15 is 0 Å². The Bertz CT molecular complexity index is 1070. The summed E-state index contributed by atoms with van der Waals surface area (Å²) >= 11 is 2.78. The molecule has 0 aliphatic rings. The summed E-state index contributed by atoms with van der Waals surface area (Å²) in [5.41, 5.74) is 0.0390. The van der Waals surface area contributed by atoms with E-state index in [0.717, 1.165) is 17.0 Å². The van der Waals surface area contributed by atoms with Crippen molar-refractivity contribution in [1.29, 1.82) is 0 Å². The van der Waals surface area contributed by atoms with Gasteiger partial charge in [-0.3, -0.25) is 9.20 Å². The first kappa shape index (κ1) is 17.7. The largest absolute Gasteiger partial charge is 0.416 e. The lowest BCUT2D eigenvalue weighted by Gasteiger charge is -2.07. The Morgan fingerprint density at radius 2 is 2.04 bits per heavy atom. The van der Waals surface area contributed by atoms with Crippen LogP contribution in [0.5, 0.6) is 0 Å². The van der Waals surface area contributed by atoms with Gasteiger partial charge >= 0.3 is 6.18 Å². The second-order valence-electron chi connectivity index (χ2n) is 5.75. The third kappa shape index (κ3) is 3.74. The molecule has 27 heavy (non-hydrogen) atoms. The van der Waals surface area contributed by atoms with Crippen molar-refractivity contribution < 1.29 is 18.0 Å². The first-order chi connectivity index (χ1) is 12.9. The average molecular weight is 407 g/mol. The summed E-state index contributed by atoms with van der Waals surface area (Å²) in [7, 11) is 0. The van der Waals surface area contributed by atoms with E-state index in [1.54, 1.807) is 34.2 Å². The van der Waals surface area contributed by atoms with Gasteiger partial charge in [-0.05, 0) is 29.1 Å². The number of halogens is 3. The molecule has 1 amide bonds. The van der Waals surface area contributed by atoms with E-state index in [0.29, 0.717) is 21.9 Å². The van der Waals surface area contributed by atoms with Gasteiger partial charge in [0.15, 0.2) is 4.96 Å². The number of hydrogen-bond donors (Lipinski definition) is 1. The van der Waals surface area contributed by atoms with Crippen LogP contribution in [0.1, 0.15) is 20.9 Å². The predicted molar refractivity (Wildman–Crippen MR) is 99.0 cm³/mol. The van der Waals surface area contributed by atoms with Gasteiger partial charge in [-0.25, -0.2) is 4.98 Å². The minimum Gasteiger partial charge on any atom is -0.346 e. The van der Waals surface area contributed by atoms with Gasteiger partial charge in [0, 0.05) is 17.3 Å². The number of imidazole rings is 1. The maximum absolute atomic E-state index is 12.9. The summed E-state index contributed by atoms with van der Waals surface area (Å²) in [6.07, 6.45) is -1.13.